The van der Waals surface area contributed by atoms with E-state index in [0.717, 1.165) is 0 Å². The normalized spacial score (nSPS) is 19.9. The Morgan fingerprint density at radius 3 is 2.30 bits per heavy atom. The molecule has 1 saturated heterocycles. The van der Waals surface area contributed by atoms with Crippen molar-refractivity contribution in [1.82, 2.24) is 5.06 Å². The number of anilines is 1. The van der Waals surface area contributed by atoms with Crippen LogP contribution in [0.15, 0.2) is 42.5 Å². The smallest absolute Gasteiger partial charge is 0.345 e. The second-order valence-electron chi connectivity index (χ2n) is 7.02. The Hall–Kier alpha value is -3.88. The largest absolute Gasteiger partial charge is 0.486 e. The Kier molecular flexibility index (Phi) is 4.16. The monoisotopic (exact) mass is 408 g/mol. The zero-order chi connectivity index (χ0) is 20.8. The number of carbonyl (C=O) groups is 4. The van der Waals surface area contributed by atoms with Crippen molar-refractivity contribution in [3.8, 4) is 11.5 Å². The van der Waals surface area contributed by atoms with Crippen molar-refractivity contribution < 1.29 is 33.5 Å². The van der Waals surface area contributed by atoms with E-state index >= 15 is 0 Å². The summed E-state index contributed by atoms with van der Waals surface area (Å²) in [6, 6.07) is 11.3. The predicted octanol–water partition coefficient (Wildman–Crippen LogP) is 1.57. The van der Waals surface area contributed by atoms with E-state index in [1.54, 1.807) is 30.3 Å². The van der Waals surface area contributed by atoms with Gasteiger partial charge in [-0.1, -0.05) is 17.2 Å². The summed E-state index contributed by atoms with van der Waals surface area (Å²) in [5, 5.41) is 0.424. The molecule has 0 aliphatic carbocycles. The highest BCUT2D eigenvalue weighted by Gasteiger charge is 2.44. The molecule has 9 heteroatoms. The lowest BCUT2D eigenvalue weighted by atomic mass is 10.1. The molecule has 9 nitrogen and oxygen atoms in total. The van der Waals surface area contributed by atoms with Gasteiger partial charge in [0.05, 0.1) is 11.1 Å². The van der Waals surface area contributed by atoms with Gasteiger partial charge in [-0.05, 0) is 30.7 Å². The summed E-state index contributed by atoms with van der Waals surface area (Å²) in [5.74, 6) is -2.83. The molecular formula is C21H16N2O7. The molecule has 3 aliphatic heterocycles. The number of fused-ring (bicyclic) bond motifs is 2. The van der Waals surface area contributed by atoms with Gasteiger partial charge in [-0.15, -0.1) is 0 Å². The highest BCUT2D eigenvalue weighted by atomic mass is 16.7. The molecule has 0 radical (unpaired) electrons. The minimum Gasteiger partial charge on any atom is -0.486 e. The highest BCUT2D eigenvalue weighted by Crippen LogP contribution is 2.36. The summed E-state index contributed by atoms with van der Waals surface area (Å²) >= 11 is 0. The molecule has 0 aromatic heterocycles. The van der Waals surface area contributed by atoms with Crippen LogP contribution in [0.2, 0.25) is 0 Å². The van der Waals surface area contributed by atoms with Gasteiger partial charge in [-0.25, -0.2) is 4.79 Å². The van der Waals surface area contributed by atoms with Crippen molar-refractivity contribution in [2.45, 2.75) is 6.42 Å². The van der Waals surface area contributed by atoms with Crippen LogP contribution in [-0.2, 0) is 14.4 Å². The van der Waals surface area contributed by atoms with E-state index in [1.165, 1.54) is 17.0 Å². The van der Waals surface area contributed by atoms with Crippen LogP contribution < -0.4 is 14.4 Å². The number of imide groups is 1. The number of hydroxylamine groups is 2. The Labute approximate surface area is 170 Å². The van der Waals surface area contributed by atoms with Crippen LogP contribution in [0.5, 0.6) is 11.5 Å². The quantitative estimate of drug-likeness (QED) is 0.561. The van der Waals surface area contributed by atoms with Crippen molar-refractivity contribution >= 4 is 29.4 Å². The fourth-order valence-electron chi connectivity index (χ4n) is 3.76. The van der Waals surface area contributed by atoms with Crippen molar-refractivity contribution in [2.24, 2.45) is 5.92 Å². The van der Waals surface area contributed by atoms with Crippen LogP contribution in [0.25, 0.3) is 0 Å². The zero-order valence-electron chi connectivity index (χ0n) is 15.7. The fourth-order valence-corrected chi connectivity index (χ4v) is 3.76. The van der Waals surface area contributed by atoms with Crippen LogP contribution in [0.1, 0.15) is 27.1 Å². The lowest BCUT2D eigenvalue weighted by Crippen LogP contribution is -2.38. The van der Waals surface area contributed by atoms with Crippen LogP contribution in [0, 0.1) is 5.92 Å². The first-order valence-corrected chi connectivity index (χ1v) is 9.45. The third kappa shape index (κ3) is 2.78. The van der Waals surface area contributed by atoms with Gasteiger partial charge in [0.15, 0.2) is 11.5 Å². The third-order valence-electron chi connectivity index (χ3n) is 5.27. The number of hydrogen-bond acceptors (Lipinski definition) is 7. The van der Waals surface area contributed by atoms with Gasteiger partial charge < -0.3 is 19.2 Å². The number of ether oxygens (including phenoxy) is 2. The van der Waals surface area contributed by atoms with Gasteiger partial charge in [0, 0.05) is 18.3 Å². The maximum atomic E-state index is 12.8. The average Bonchev–Trinajstić information content (AvgIpc) is 3.27. The molecule has 1 unspecified atom stereocenters. The number of rotatable bonds is 3. The van der Waals surface area contributed by atoms with Gasteiger partial charge in [0.1, 0.15) is 19.1 Å². The number of amides is 3. The molecule has 30 heavy (non-hydrogen) atoms. The lowest BCUT2D eigenvalue weighted by Gasteiger charge is -2.22. The minimum atomic E-state index is -1.11. The number of nitrogens with zero attached hydrogens (tertiary/aromatic N) is 2. The molecule has 152 valence electrons. The highest BCUT2D eigenvalue weighted by molar-refractivity contribution is 6.21. The number of benzene rings is 2. The molecular weight excluding hydrogens is 392 g/mol. The van der Waals surface area contributed by atoms with Crippen LogP contribution in [-0.4, -0.2) is 48.5 Å². The second kappa shape index (κ2) is 6.87. The van der Waals surface area contributed by atoms with Crippen LogP contribution >= 0.6 is 0 Å². The Morgan fingerprint density at radius 1 is 0.933 bits per heavy atom. The summed E-state index contributed by atoms with van der Waals surface area (Å²) in [6.45, 7) is 1.17. The van der Waals surface area contributed by atoms with E-state index < -0.39 is 29.6 Å². The van der Waals surface area contributed by atoms with Gasteiger partial charge in [-0.2, -0.15) is 0 Å². The van der Waals surface area contributed by atoms with E-state index in [9.17, 15) is 19.2 Å². The molecule has 0 saturated carbocycles. The van der Waals surface area contributed by atoms with E-state index in [2.05, 4.69) is 0 Å². The Balaban J connectivity index is 1.31. The molecule has 0 spiro atoms. The van der Waals surface area contributed by atoms with Crippen molar-refractivity contribution in [1.29, 1.82) is 0 Å². The van der Waals surface area contributed by atoms with Gasteiger partial charge in [0.25, 0.3) is 11.8 Å². The lowest BCUT2D eigenvalue weighted by molar-refractivity contribution is -0.174. The standard InChI is InChI=1S/C21H16N2O7/c24-18-15(7-8-22(18)12-5-6-16-17(11-12)29-10-9-28-16)21(27)30-23-19(25)13-3-1-2-4-14(13)20(23)26/h1-6,11,15H,7-10H2. The SMILES string of the molecule is O=C(ON1C(=O)c2ccccc2C1=O)C1CCN(c2ccc3c(c2)OCCO3)C1=O. The fraction of sp³-hybridized carbons (Fsp3) is 0.238. The Morgan fingerprint density at radius 2 is 1.60 bits per heavy atom. The van der Waals surface area contributed by atoms with Gasteiger partial charge in [0.2, 0.25) is 5.91 Å². The molecule has 3 amide bonds. The summed E-state index contributed by atoms with van der Waals surface area (Å²) in [4.78, 5) is 56.7. The summed E-state index contributed by atoms with van der Waals surface area (Å²) in [5.41, 5.74) is 0.886. The van der Waals surface area contributed by atoms with E-state index in [4.69, 9.17) is 14.3 Å². The minimum absolute atomic E-state index is 0.158. The molecule has 5 rings (SSSR count). The summed E-state index contributed by atoms with van der Waals surface area (Å²) < 4.78 is 11.0. The van der Waals surface area contributed by atoms with Crippen LogP contribution in [0.4, 0.5) is 5.69 Å². The third-order valence-corrected chi connectivity index (χ3v) is 5.27. The summed E-state index contributed by atoms with van der Waals surface area (Å²) in [6.07, 6.45) is 0.204. The molecule has 0 bridgehead atoms. The number of carbonyl (C=O) groups excluding carboxylic acids is 4. The Bertz CT molecular complexity index is 1060. The number of hydrogen-bond donors (Lipinski definition) is 0. The average molecular weight is 408 g/mol. The topological polar surface area (TPSA) is 102 Å². The van der Waals surface area contributed by atoms with E-state index in [0.29, 0.717) is 42.0 Å². The van der Waals surface area contributed by atoms with E-state index in [-0.39, 0.29) is 17.5 Å². The first kappa shape index (κ1) is 18.2. The first-order valence-electron chi connectivity index (χ1n) is 9.45. The van der Waals surface area contributed by atoms with Gasteiger partial charge in [-0.3, -0.25) is 14.4 Å². The maximum Gasteiger partial charge on any atom is 0.345 e. The molecule has 3 heterocycles. The molecule has 1 fully saturated rings. The van der Waals surface area contributed by atoms with Crippen LogP contribution in [0.3, 0.4) is 0 Å². The zero-order valence-corrected chi connectivity index (χ0v) is 15.7. The molecule has 1 atom stereocenters. The molecule has 2 aromatic carbocycles. The second-order valence-corrected chi connectivity index (χ2v) is 7.02. The molecule has 2 aromatic rings. The first-order chi connectivity index (χ1) is 14.5. The van der Waals surface area contributed by atoms with E-state index in [1.807, 2.05) is 0 Å². The maximum absolute atomic E-state index is 12.8. The molecule has 3 aliphatic rings. The van der Waals surface area contributed by atoms with Crippen molar-refractivity contribution in [3.05, 3.63) is 53.6 Å². The van der Waals surface area contributed by atoms with Gasteiger partial charge >= 0.3 is 5.97 Å². The summed E-state index contributed by atoms with van der Waals surface area (Å²) in [7, 11) is 0. The van der Waals surface area contributed by atoms with Crippen molar-refractivity contribution in [3.63, 3.8) is 0 Å². The van der Waals surface area contributed by atoms with Crippen molar-refractivity contribution in [2.75, 3.05) is 24.7 Å². The predicted molar refractivity (Wildman–Crippen MR) is 101 cm³/mol. The molecule has 0 N–H and O–H groups in total.